The van der Waals surface area contributed by atoms with Gasteiger partial charge in [-0.2, -0.15) is 0 Å². The van der Waals surface area contributed by atoms with Crippen LogP contribution in [0.5, 0.6) is 0 Å². The number of ether oxygens (including phenoxy) is 1. The van der Waals surface area contributed by atoms with E-state index in [4.69, 9.17) is 4.74 Å². The molecule has 1 heterocycles. The van der Waals surface area contributed by atoms with Crippen LogP contribution in [0.4, 0.5) is 0 Å². The maximum Gasteiger partial charge on any atom is 0.235 e. The van der Waals surface area contributed by atoms with Gasteiger partial charge >= 0.3 is 0 Å². The van der Waals surface area contributed by atoms with E-state index in [2.05, 4.69) is 45.2 Å². The predicted molar refractivity (Wildman–Crippen MR) is 124 cm³/mol. The molecule has 1 saturated heterocycles. The molecule has 0 saturated carbocycles. The second kappa shape index (κ2) is 9.78. The molecule has 0 bridgehead atoms. The highest BCUT2D eigenvalue weighted by Crippen LogP contribution is 2.55. The lowest BCUT2D eigenvalue weighted by Crippen LogP contribution is -2.53. The molecular formula is C26H41NO5. The van der Waals surface area contributed by atoms with Gasteiger partial charge in [0.2, 0.25) is 5.91 Å². The third-order valence-corrected chi connectivity index (χ3v) is 8.09. The van der Waals surface area contributed by atoms with Crippen molar-refractivity contribution in [2.75, 3.05) is 13.7 Å². The third kappa shape index (κ3) is 4.34. The zero-order valence-electron chi connectivity index (χ0n) is 20.4. The molecule has 32 heavy (non-hydrogen) atoms. The fraction of sp³-hybridized carbons (Fsp3) is 0.769. The van der Waals surface area contributed by atoms with Gasteiger partial charge in [-0.15, -0.1) is 0 Å². The summed E-state index contributed by atoms with van der Waals surface area (Å²) in [7, 11) is 1.49. The molecule has 1 fully saturated rings. The molecule has 0 unspecified atom stereocenters. The third-order valence-electron chi connectivity index (χ3n) is 8.09. The molecule has 180 valence electrons. The molecule has 3 rings (SSSR count). The number of aliphatic hydroxyl groups excluding tert-OH is 2. The summed E-state index contributed by atoms with van der Waals surface area (Å²) >= 11 is 0. The van der Waals surface area contributed by atoms with Crippen molar-refractivity contribution in [2.24, 2.45) is 35.0 Å². The van der Waals surface area contributed by atoms with Crippen LogP contribution in [0.1, 0.15) is 60.3 Å². The van der Waals surface area contributed by atoms with Crippen LogP contribution in [0.15, 0.2) is 23.3 Å². The first-order valence-electron chi connectivity index (χ1n) is 12.1. The van der Waals surface area contributed by atoms with E-state index < -0.39 is 17.6 Å². The largest absolute Gasteiger partial charge is 0.396 e. The molecule has 0 aromatic heterocycles. The molecule has 0 aromatic rings. The Bertz CT molecular complexity index is 787. The summed E-state index contributed by atoms with van der Waals surface area (Å²) in [4.78, 5) is 27.8. The number of hydrogen-bond donors (Lipinski definition) is 3. The molecule has 1 aliphatic heterocycles. The summed E-state index contributed by atoms with van der Waals surface area (Å²) in [5, 5.41) is 23.9. The van der Waals surface area contributed by atoms with Crippen molar-refractivity contribution < 1.29 is 24.5 Å². The van der Waals surface area contributed by atoms with Gasteiger partial charge in [0.15, 0.2) is 5.78 Å². The Morgan fingerprint density at radius 1 is 1.22 bits per heavy atom. The van der Waals surface area contributed by atoms with Gasteiger partial charge in [-0.05, 0) is 50.9 Å². The molecule has 8 atom stereocenters. The lowest BCUT2D eigenvalue weighted by Gasteiger charge is -2.45. The summed E-state index contributed by atoms with van der Waals surface area (Å²) in [5.74, 6) is -0.477. The highest BCUT2D eigenvalue weighted by atomic mass is 16.5. The number of amides is 1. The molecule has 3 N–H and O–H groups in total. The number of rotatable bonds is 4. The quantitative estimate of drug-likeness (QED) is 0.455. The number of aliphatic hydroxyl groups is 2. The summed E-state index contributed by atoms with van der Waals surface area (Å²) < 4.78 is 5.55. The smallest absolute Gasteiger partial charge is 0.235 e. The number of carbonyl (C=O) groups excluding carboxylic acids is 2. The van der Waals surface area contributed by atoms with E-state index in [1.807, 2.05) is 6.92 Å². The fourth-order valence-electron chi connectivity index (χ4n) is 6.48. The maximum atomic E-state index is 14.1. The van der Waals surface area contributed by atoms with Gasteiger partial charge in [-0.3, -0.25) is 9.59 Å². The summed E-state index contributed by atoms with van der Waals surface area (Å²) in [6, 6.07) is -0.0671. The zero-order chi connectivity index (χ0) is 23.8. The minimum absolute atomic E-state index is 0.0167. The van der Waals surface area contributed by atoms with Crippen molar-refractivity contribution in [1.29, 1.82) is 0 Å². The first kappa shape index (κ1) is 25.1. The minimum Gasteiger partial charge on any atom is -0.396 e. The Balaban J connectivity index is 2.19. The monoisotopic (exact) mass is 447 g/mol. The molecule has 2 aliphatic carbocycles. The van der Waals surface area contributed by atoms with Crippen molar-refractivity contribution in [3.63, 3.8) is 0 Å². The van der Waals surface area contributed by atoms with E-state index in [1.165, 1.54) is 12.7 Å². The Morgan fingerprint density at radius 3 is 2.50 bits per heavy atom. The number of carbonyl (C=O) groups is 2. The summed E-state index contributed by atoms with van der Waals surface area (Å²) in [5.41, 5.74) is 1.03. The van der Waals surface area contributed by atoms with E-state index in [1.54, 1.807) is 0 Å². The van der Waals surface area contributed by atoms with Gasteiger partial charge in [-0.1, -0.05) is 44.1 Å². The average Bonchev–Trinajstić information content (AvgIpc) is 3.00. The predicted octanol–water partition coefficient (Wildman–Crippen LogP) is 3.03. The molecule has 3 aliphatic rings. The van der Waals surface area contributed by atoms with E-state index >= 15 is 0 Å². The van der Waals surface area contributed by atoms with Crippen LogP contribution in [-0.4, -0.2) is 53.9 Å². The molecular weight excluding hydrogens is 406 g/mol. The lowest BCUT2D eigenvalue weighted by atomic mass is 9.54. The van der Waals surface area contributed by atoms with Gasteiger partial charge in [0.25, 0.3) is 0 Å². The van der Waals surface area contributed by atoms with Crippen LogP contribution in [0.3, 0.4) is 0 Å². The number of allylic oxidation sites excluding steroid dienone is 4. The fourth-order valence-corrected chi connectivity index (χ4v) is 6.48. The second-order valence-corrected chi connectivity index (χ2v) is 10.8. The van der Waals surface area contributed by atoms with Crippen molar-refractivity contribution >= 4 is 11.7 Å². The highest BCUT2D eigenvalue weighted by molar-refractivity contribution is 6.09. The number of ketones is 1. The molecule has 6 heteroatoms. The van der Waals surface area contributed by atoms with Gasteiger partial charge in [0.05, 0.1) is 12.2 Å². The lowest BCUT2D eigenvalue weighted by molar-refractivity contribution is -0.148. The van der Waals surface area contributed by atoms with Crippen molar-refractivity contribution in [3.05, 3.63) is 23.3 Å². The van der Waals surface area contributed by atoms with Crippen LogP contribution >= 0.6 is 0 Å². The Hall–Kier alpha value is -1.50. The Morgan fingerprint density at radius 2 is 1.91 bits per heavy atom. The Labute approximate surface area is 192 Å². The molecule has 1 spiro atoms. The Kier molecular flexibility index (Phi) is 7.68. The molecule has 0 aromatic carbocycles. The van der Waals surface area contributed by atoms with Crippen molar-refractivity contribution in [1.82, 2.24) is 5.32 Å². The molecule has 0 radical (unpaired) electrons. The maximum absolute atomic E-state index is 14.1. The zero-order valence-corrected chi connectivity index (χ0v) is 20.4. The van der Waals surface area contributed by atoms with Gasteiger partial charge in [-0.25, -0.2) is 0 Å². The molecule has 6 nitrogen and oxygen atoms in total. The summed E-state index contributed by atoms with van der Waals surface area (Å²) in [6.07, 6.45) is 4.35. The van der Waals surface area contributed by atoms with E-state index in [0.717, 1.165) is 12.0 Å². The molecule has 1 amide bonds. The minimum atomic E-state index is -1.20. The van der Waals surface area contributed by atoms with E-state index in [-0.39, 0.29) is 54.4 Å². The van der Waals surface area contributed by atoms with Crippen molar-refractivity contribution in [2.45, 2.75) is 78.6 Å². The average molecular weight is 448 g/mol. The van der Waals surface area contributed by atoms with Gasteiger partial charge < -0.3 is 20.3 Å². The van der Waals surface area contributed by atoms with E-state index in [0.29, 0.717) is 18.8 Å². The van der Waals surface area contributed by atoms with Crippen LogP contribution in [-0.2, 0) is 14.3 Å². The van der Waals surface area contributed by atoms with Gasteiger partial charge in [0, 0.05) is 38.0 Å². The number of nitrogens with one attached hydrogen (secondary N) is 1. The van der Waals surface area contributed by atoms with Crippen LogP contribution in [0.2, 0.25) is 0 Å². The number of methoxy groups -OCH3 is 1. The van der Waals surface area contributed by atoms with Crippen molar-refractivity contribution in [3.8, 4) is 0 Å². The van der Waals surface area contributed by atoms with Crippen LogP contribution < -0.4 is 5.32 Å². The SMILES string of the molecule is CO[C@H]1CC(=O)[C@@]23C(=O)N[C@@H](CC(C)C)[C@@H]2[C@H](C)C(C)=C[C@@H]3C=C(C)C[C@H](CO)C[C@@H]1O. The normalized spacial score (nSPS) is 40.7. The topological polar surface area (TPSA) is 95.9 Å². The highest BCUT2D eigenvalue weighted by Gasteiger charge is 2.65. The first-order chi connectivity index (χ1) is 15.1. The van der Waals surface area contributed by atoms with E-state index in [9.17, 15) is 19.8 Å². The standard InChI is InChI=1S/C26H41NO5/c1-14(2)7-20-24-17(5)16(4)10-19-9-15(3)8-18(13-28)11-21(29)22(32-6)12-23(30)26(19,24)25(31)27-20/h9-10,14,17-22,24,28-29H,7-8,11-13H2,1-6H3,(H,27,31)/t17-,18+,19+,20+,21+,22+,24+,26-/m1/s1. The first-order valence-corrected chi connectivity index (χ1v) is 12.1. The number of Topliss-reactive ketones (excluding diaryl/α,β-unsaturated/α-hetero) is 1. The summed E-state index contributed by atoms with van der Waals surface area (Å²) in [6.45, 7) is 10.4. The van der Waals surface area contributed by atoms with Crippen LogP contribution in [0.25, 0.3) is 0 Å². The second-order valence-electron chi connectivity index (χ2n) is 10.8. The van der Waals surface area contributed by atoms with Gasteiger partial charge in [0.1, 0.15) is 5.41 Å². The number of hydrogen-bond acceptors (Lipinski definition) is 5. The van der Waals surface area contributed by atoms with Crippen LogP contribution in [0, 0.1) is 35.0 Å².